The largest absolute Gasteiger partial charge is 0.207 e. The summed E-state index contributed by atoms with van der Waals surface area (Å²) in [5.41, 5.74) is 1.67. The maximum atomic E-state index is 13.6. The van der Waals surface area contributed by atoms with Crippen LogP contribution >= 0.6 is 11.6 Å². The molecule has 0 heterocycles. The van der Waals surface area contributed by atoms with Gasteiger partial charge in [-0.05, 0) is 18.9 Å². The highest BCUT2D eigenvalue weighted by molar-refractivity contribution is 6.21. The molecule has 1 atom stereocenters. The molecule has 0 aliphatic heterocycles. The van der Waals surface area contributed by atoms with Crippen LogP contribution in [0.3, 0.4) is 0 Å². The average Bonchev–Trinajstić information content (AvgIpc) is 2.30. The van der Waals surface area contributed by atoms with Crippen molar-refractivity contribution in [1.29, 1.82) is 0 Å². The molecule has 0 aliphatic carbocycles. The lowest BCUT2D eigenvalue weighted by Gasteiger charge is -2.12. The summed E-state index contributed by atoms with van der Waals surface area (Å²) < 4.78 is 39.9. The van der Waals surface area contributed by atoms with Gasteiger partial charge in [0.25, 0.3) is 0 Å². The first-order valence-corrected chi connectivity index (χ1v) is 6.25. The van der Waals surface area contributed by atoms with E-state index < -0.39 is 22.8 Å². The van der Waals surface area contributed by atoms with Crippen molar-refractivity contribution in [3.8, 4) is 0 Å². The summed E-state index contributed by atoms with van der Waals surface area (Å²) in [6, 6.07) is 8.78. The maximum absolute atomic E-state index is 13.6. The summed E-state index contributed by atoms with van der Waals surface area (Å²) in [5, 5.41) is -0.872. The van der Waals surface area contributed by atoms with Crippen LogP contribution < -0.4 is 0 Å². The molecule has 0 saturated heterocycles. The molecule has 0 aromatic heterocycles. The van der Waals surface area contributed by atoms with Crippen molar-refractivity contribution in [2.75, 3.05) is 0 Å². The van der Waals surface area contributed by atoms with Crippen molar-refractivity contribution in [3.63, 3.8) is 0 Å². The van der Waals surface area contributed by atoms with Gasteiger partial charge in [0, 0.05) is 17.7 Å². The minimum absolute atomic E-state index is 0.279. The van der Waals surface area contributed by atoms with Crippen LogP contribution in [0.25, 0.3) is 0 Å². The Morgan fingerprint density at radius 1 is 1.00 bits per heavy atom. The number of hydrogen-bond donors (Lipinski definition) is 0. The van der Waals surface area contributed by atoms with Crippen molar-refractivity contribution in [2.45, 2.75) is 18.7 Å². The second kappa shape index (κ2) is 5.66. The smallest absolute Gasteiger partial charge is 0.133 e. The number of hydrogen-bond acceptors (Lipinski definition) is 0. The number of rotatable bonds is 3. The van der Waals surface area contributed by atoms with Gasteiger partial charge < -0.3 is 0 Å². The monoisotopic (exact) mass is 284 g/mol. The first kappa shape index (κ1) is 13.9. The molecule has 0 spiro atoms. The molecule has 1 unspecified atom stereocenters. The molecule has 0 radical (unpaired) electrons. The number of benzene rings is 2. The van der Waals surface area contributed by atoms with Crippen LogP contribution in [0, 0.1) is 24.4 Å². The van der Waals surface area contributed by atoms with E-state index in [2.05, 4.69) is 0 Å². The van der Waals surface area contributed by atoms with Crippen LogP contribution in [0.4, 0.5) is 13.2 Å². The highest BCUT2D eigenvalue weighted by Gasteiger charge is 2.19. The quantitative estimate of drug-likeness (QED) is 0.701. The van der Waals surface area contributed by atoms with E-state index in [0.29, 0.717) is 12.1 Å². The van der Waals surface area contributed by atoms with Gasteiger partial charge >= 0.3 is 0 Å². The van der Waals surface area contributed by atoms with Crippen molar-refractivity contribution >= 4 is 11.6 Å². The van der Waals surface area contributed by atoms with Gasteiger partial charge in [-0.3, -0.25) is 0 Å². The molecule has 0 nitrogen and oxygen atoms in total. The van der Waals surface area contributed by atoms with Crippen LogP contribution in [-0.4, -0.2) is 0 Å². The molecule has 19 heavy (non-hydrogen) atoms. The normalized spacial score (nSPS) is 12.5. The fraction of sp³-hybridized carbons (Fsp3) is 0.200. The Morgan fingerprint density at radius 3 is 2.05 bits per heavy atom. The van der Waals surface area contributed by atoms with E-state index in [1.807, 2.05) is 31.2 Å². The molecular weight excluding hydrogens is 273 g/mol. The van der Waals surface area contributed by atoms with Crippen LogP contribution in [0.2, 0.25) is 0 Å². The zero-order chi connectivity index (χ0) is 14.0. The molecule has 2 aromatic rings. The van der Waals surface area contributed by atoms with E-state index in [9.17, 15) is 13.2 Å². The summed E-state index contributed by atoms with van der Waals surface area (Å²) in [6.45, 7) is 1.95. The van der Waals surface area contributed by atoms with Crippen molar-refractivity contribution in [1.82, 2.24) is 0 Å². The highest BCUT2D eigenvalue weighted by Crippen LogP contribution is 2.30. The second-order valence-electron chi connectivity index (χ2n) is 4.44. The molecule has 0 bridgehead atoms. The first-order chi connectivity index (χ1) is 8.97. The van der Waals surface area contributed by atoms with Gasteiger partial charge in [0.05, 0.1) is 5.38 Å². The Morgan fingerprint density at radius 2 is 1.53 bits per heavy atom. The van der Waals surface area contributed by atoms with Gasteiger partial charge in [0.1, 0.15) is 17.5 Å². The summed E-state index contributed by atoms with van der Waals surface area (Å²) in [6.07, 6.45) is 0.279. The van der Waals surface area contributed by atoms with Crippen LogP contribution in [-0.2, 0) is 6.42 Å². The van der Waals surface area contributed by atoms with E-state index in [1.165, 1.54) is 0 Å². The second-order valence-corrected chi connectivity index (χ2v) is 4.97. The third kappa shape index (κ3) is 3.29. The van der Waals surface area contributed by atoms with E-state index in [0.717, 1.165) is 11.1 Å². The molecule has 100 valence electrons. The SMILES string of the molecule is Cc1ccc(CC(Cl)c2c(F)cc(F)cc2F)cc1. The first-order valence-electron chi connectivity index (χ1n) is 5.81. The molecule has 0 fully saturated rings. The molecule has 2 aromatic carbocycles. The van der Waals surface area contributed by atoms with E-state index in [1.54, 1.807) is 0 Å². The zero-order valence-corrected chi connectivity index (χ0v) is 11.0. The number of alkyl halides is 1. The van der Waals surface area contributed by atoms with Gasteiger partial charge in [-0.15, -0.1) is 11.6 Å². The maximum Gasteiger partial charge on any atom is 0.133 e. The van der Waals surface area contributed by atoms with Crippen LogP contribution in [0.15, 0.2) is 36.4 Å². The van der Waals surface area contributed by atoms with Gasteiger partial charge in [0.15, 0.2) is 0 Å². The van der Waals surface area contributed by atoms with Gasteiger partial charge in [-0.2, -0.15) is 0 Å². The summed E-state index contributed by atoms with van der Waals surface area (Å²) in [5.74, 6) is -2.85. The third-order valence-corrected chi connectivity index (χ3v) is 3.27. The lowest BCUT2D eigenvalue weighted by molar-refractivity contribution is 0.520. The molecule has 0 saturated carbocycles. The molecule has 0 aliphatic rings. The Kier molecular flexibility index (Phi) is 4.15. The average molecular weight is 285 g/mol. The van der Waals surface area contributed by atoms with Gasteiger partial charge in [-0.1, -0.05) is 29.8 Å². The number of aryl methyl sites for hydroxylation is 1. The Hall–Kier alpha value is -1.48. The van der Waals surface area contributed by atoms with E-state index >= 15 is 0 Å². The lowest BCUT2D eigenvalue weighted by atomic mass is 10.0. The van der Waals surface area contributed by atoms with Gasteiger partial charge in [-0.25, -0.2) is 13.2 Å². The molecule has 2 rings (SSSR count). The third-order valence-electron chi connectivity index (χ3n) is 2.89. The zero-order valence-electron chi connectivity index (χ0n) is 10.3. The van der Waals surface area contributed by atoms with Crippen molar-refractivity contribution < 1.29 is 13.2 Å². The van der Waals surface area contributed by atoms with Gasteiger partial charge in [0.2, 0.25) is 0 Å². The van der Waals surface area contributed by atoms with Crippen LogP contribution in [0.1, 0.15) is 22.1 Å². The standard InChI is InChI=1S/C15H12ClF3/c1-9-2-4-10(5-3-9)6-12(16)15-13(18)7-11(17)8-14(15)19/h2-5,7-8,12H,6H2,1H3. The lowest BCUT2D eigenvalue weighted by Crippen LogP contribution is -2.03. The van der Waals surface area contributed by atoms with E-state index in [-0.39, 0.29) is 12.0 Å². The molecule has 0 amide bonds. The predicted octanol–water partition coefficient (Wildman–Crippen LogP) is 4.93. The Labute approximate surface area is 114 Å². The minimum Gasteiger partial charge on any atom is -0.207 e. The summed E-state index contributed by atoms with van der Waals surface area (Å²) in [7, 11) is 0. The summed E-state index contributed by atoms with van der Waals surface area (Å²) >= 11 is 6.04. The number of halogens is 4. The fourth-order valence-corrected chi connectivity index (χ4v) is 2.27. The molecule has 0 N–H and O–H groups in total. The molecular formula is C15H12ClF3. The summed E-state index contributed by atoms with van der Waals surface area (Å²) in [4.78, 5) is 0. The topological polar surface area (TPSA) is 0 Å². The Balaban J connectivity index is 2.25. The van der Waals surface area contributed by atoms with Crippen molar-refractivity contribution in [2.24, 2.45) is 0 Å². The highest BCUT2D eigenvalue weighted by atomic mass is 35.5. The molecule has 4 heteroatoms. The minimum atomic E-state index is -0.954. The fourth-order valence-electron chi connectivity index (χ4n) is 1.89. The van der Waals surface area contributed by atoms with Crippen molar-refractivity contribution in [3.05, 3.63) is 70.5 Å². The van der Waals surface area contributed by atoms with Crippen LogP contribution in [0.5, 0.6) is 0 Å². The van der Waals surface area contributed by atoms with E-state index in [4.69, 9.17) is 11.6 Å². The Bertz CT molecular complexity index is 555. The predicted molar refractivity (Wildman–Crippen MR) is 69.8 cm³/mol.